The number of anilines is 1. The molecule has 0 amide bonds. The Labute approximate surface area is 89.0 Å². The van der Waals surface area contributed by atoms with E-state index in [4.69, 9.17) is 0 Å². The van der Waals surface area contributed by atoms with Gasteiger partial charge in [0.2, 0.25) is 0 Å². The van der Waals surface area contributed by atoms with E-state index in [-0.39, 0.29) is 0 Å². The fraction of sp³-hybridized carbons (Fsp3) is 0.455. The zero-order chi connectivity index (χ0) is 10.1. The topological polar surface area (TPSA) is 24.1 Å². The summed E-state index contributed by atoms with van der Waals surface area (Å²) in [6.45, 7) is 8.26. The van der Waals surface area contributed by atoms with Gasteiger partial charge >= 0.3 is 0 Å². The van der Waals surface area contributed by atoms with Crippen LogP contribution in [0.2, 0.25) is 0 Å². The van der Waals surface area contributed by atoms with E-state index in [2.05, 4.69) is 24.1 Å². The molecule has 14 heavy (non-hydrogen) atoms. The molecule has 76 valence electrons. The first-order chi connectivity index (χ1) is 6.74. The third-order valence-corrected chi connectivity index (χ3v) is 3.83. The van der Waals surface area contributed by atoms with Crippen LogP contribution >= 0.6 is 11.3 Å². The minimum Gasteiger partial charge on any atom is -0.379 e. The smallest absolute Gasteiger partial charge is 0.0962 e. The maximum Gasteiger partial charge on any atom is 0.0962 e. The average molecular weight is 208 g/mol. The van der Waals surface area contributed by atoms with Crippen molar-refractivity contribution in [3.8, 4) is 0 Å². The molecular formula is C11H16N2S. The molecule has 2 heterocycles. The lowest BCUT2D eigenvalue weighted by Gasteiger charge is -2.14. The fourth-order valence-electron chi connectivity index (χ4n) is 1.96. The minimum absolute atomic E-state index is 1.02. The summed E-state index contributed by atoms with van der Waals surface area (Å²) in [4.78, 5) is 1.47. The summed E-state index contributed by atoms with van der Waals surface area (Å²) >= 11 is 1.86. The molecule has 2 nitrogen and oxygen atoms in total. The summed E-state index contributed by atoms with van der Waals surface area (Å²) in [6.07, 6.45) is 1.13. The summed E-state index contributed by atoms with van der Waals surface area (Å²) in [7, 11) is 1.98. The number of hydrogen-bond donors (Lipinski definition) is 2. The highest BCUT2D eigenvalue weighted by molar-refractivity contribution is 7.16. The Morgan fingerprint density at radius 2 is 2.36 bits per heavy atom. The highest BCUT2D eigenvalue weighted by Gasteiger charge is 2.19. The zero-order valence-electron chi connectivity index (χ0n) is 8.74. The molecule has 0 aromatic carbocycles. The van der Waals surface area contributed by atoms with Gasteiger partial charge in [0.1, 0.15) is 0 Å². The number of allylic oxidation sites excluding steroid dienone is 1. The fourth-order valence-corrected chi connectivity index (χ4v) is 3.21. The van der Waals surface area contributed by atoms with Crippen molar-refractivity contribution in [3.05, 3.63) is 22.6 Å². The van der Waals surface area contributed by atoms with Crippen molar-refractivity contribution in [1.29, 1.82) is 0 Å². The normalized spacial score (nSPS) is 15.0. The molecule has 1 aromatic heterocycles. The van der Waals surface area contributed by atoms with Crippen LogP contribution in [0, 0.1) is 0 Å². The van der Waals surface area contributed by atoms with Crippen LogP contribution in [-0.2, 0) is 13.0 Å². The molecule has 1 aliphatic heterocycles. The Hall–Kier alpha value is -0.800. The lowest BCUT2D eigenvalue weighted by Crippen LogP contribution is -2.22. The van der Waals surface area contributed by atoms with Crippen molar-refractivity contribution in [2.45, 2.75) is 19.9 Å². The number of fused-ring (bicyclic) bond motifs is 1. The van der Waals surface area contributed by atoms with Crippen LogP contribution in [0.1, 0.15) is 22.9 Å². The number of rotatable bonds is 2. The van der Waals surface area contributed by atoms with Crippen LogP contribution in [0.5, 0.6) is 0 Å². The minimum atomic E-state index is 1.02. The Morgan fingerprint density at radius 1 is 1.57 bits per heavy atom. The van der Waals surface area contributed by atoms with E-state index >= 15 is 0 Å². The molecule has 0 bridgehead atoms. The van der Waals surface area contributed by atoms with E-state index in [1.807, 2.05) is 18.4 Å². The van der Waals surface area contributed by atoms with Crippen molar-refractivity contribution in [1.82, 2.24) is 5.32 Å². The van der Waals surface area contributed by atoms with Gasteiger partial charge in [-0.25, -0.2) is 0 Å². The molecule has 0 spiro atoms. The van der Waals surface area contributed by atoms with Crippen molar-refractivity contribution in [2.24, 2.45) is 0 Å². The molecule has 1 aromatic rings. The zero-order valence-corrected chi connectivity index (χ0v) is 9.55. The molecule has 0 radical (unpaired) electrons. The van der Waals surface area contributed by atoms with Crippen LogP contribution in [0.3, 0.4) is 0 Å². The molecule has 0 atom stereocenters. The number of hydrogen-bond acceptors (Lipinski definition) is 3. The van der Waals surface area contributed by atoms with Crippen LogP contribution in [0.25, 0.3) is 5.57 Å². The van der Waals surface area contributed by atoms with E-state index in [1.54, 1.807) is 0 Å². The van der Waals surface area contributed by atoms with Crippen LogP contribution in [-0.4, -0.2) is 13.6 Å². The predicted octanol–water partition coefficient (Wildman–Crippen LogP) is 2.47. The Bertz CT molecular complexity index is 366. The largest absolute Gasteiger partial charge is 0.379 e. The molecular weight excluding hydrogens is 192 g/mol. The van der Waals surface area contributed by atoms with Gasteiger partial charge in [0.05, 0.1) is 5.00 Å². The van der Waals surface area contributed by atoms with Gasteiger partial charge in [0.15, 0.2) is 0 Å². The first-order valence-electron chi connectivity index (χ1n) is 4.93. The second-order valence-electron chi connectivity index (χ2n) is 3.67. The van der Waals surface area contributed by atoms with Crippen molar-refractivity contribution < 1.29 is 0 Å². The van der Waals surface area contributed by atoms with Crippen molar-refractivity contribution >= 4 is 21.9 Å². The third kappa shape index (κ3) is 1.47. The highest BCUT2D eigenvalue weighted by atomic mass is 32.1. The van der Waals surface area contributed by atoms with Gasteiger partial charge in [-0.15, -0.1) is 11.3 Å². The molecule has 0 saturated carbocycles. The Balaban J connectivity index is 2.53. The Morgan fingerprint density at radius 3 is 3.00 bits per heavy atom. The monoisotopic (exact) mass is 208 g/mol. The highest BCUT2D eigenvalue weighted by Crippen LogP contribution is 2.38. The molecule has 2 rings (SSSR count). The number of nitrogens with one attached hydrogen (secondary N) is 2. The number of thiophene rings is 1. The van der Waals surface area contributed by atoms with E-state index < -0.39 is 0 Å². The van der Waals surface area contributed by atoms with Gasteiger partial charge in [-0.2, -0.15) is 0 Å². The van der Waals surface area contributed by atoms with Crippen LogP contribution in [0.15, 0.2) is 6.58 Å². The van der Waals surface area contributed by atoms with E-state index in [9.17, 15) is 0 Å². The predicted molar refractivity (Wildman–Crippen MR) is 64.0 cm³/mol. The quantitative estimate of drug-likeness (QED) is 0.780. The summed E-state index contributed by atoms with van der Waals surface area (Å²) in [5.41, 5.74) is 4.04. The van der Waals surface area contributed by atoms with Crippen LogP contribution in [0.4, 0.5) is 5.00 Å². The standard InChI is InChI=1S/C11H16N2S/c1-7(2)10-8-4-5-13-6-9(8)14-11(10)12-3/h12-13H,1,4-6H2,2-3H3. The molecule has 0 unspecified atom stereocenters. The van der Waals surface area contributed by atoms with Crippen LogP contribution < -0.4 is 10.6 Å². The molecule has 0 saturated heterocycles. The van der Waals surface area contributed by atoms with Gasteiger partial charge in [-0.3, -0.25) is 0 Å². The summed E-state index contributed by atoms with van der Waals surface area (Å²) in [5, 5.41) is 7.93. The Kier molecular flexibility index (Phi) is 2.61. The van der Waals surface area contributed by atoms with Gasteiger partial charge < -0.3 is 10.6 Å². The third-order valence-electron chi connectivity index (χ3n) is 2.58. The molecule has 0 fully saturated rings. The summed E-state index contributed by atoms with van der Waals surface area (Å²) in [6, 6.07) is 0. The molecule has 3 heteroatoms. The maximum atomic E-state index is 4.06. The molecule has 2 N–H and O–H groups in total. The van der Waals surface area contributed by atoms with Gasteiger partial charge in [-0.05, 0) is 31.0 Å². The van der Waals surface area contributed by atoms with E-state index in [0.29, 0.717) is 0 Å². The van der Waals surface area contributed by atoms with Crippen molar-refractivity contribution in [3.63, 3.8) is 0 Å². The van der Waals surface area contributed by atoms with Crippen molar-refractivity contribution in [2.75, 3.05) is 18.9 Å². The first kappa shape index (κ1) is 9.74. The lowest BCUT2D eigenvalue weighted by molar-refractivity contribution is 0.654. The summed E-state index contributed by atoms with van der Waals surface area (Å²) in [5.74, 6) is 0. The SMILES string of the molecule is C=C(C)c1c(NC)sc2c1CCNC2. The van der Waals surface area contributed by atoms with E-state index in [1.165, 1.54) is 26.6 Å². The molecule has 1 aliphatic rings. The van der Waals surface area contributed by atoms with Gasteiger partial charge in [0.25, 0.3) is 0 Å². The lowest BCUT2D eigenvalue weighted by atomic mass is 10.00. The first-order valence-corrected chi connectivity index (χ1v) is 5.74. The van der Waals surface area contributed by atoms with E-state index in [0.717, 1.165) is 19.5 Å². The summed E-state index contributed by atoms with van der Waals surface area (Å²) < 4.78 is 0. The van der Waals surface area contributed by atoms with Gasteiger partial charge in [0, 0.05) is 24.0 Å². The average Bonchev–Trinajstić information content (AvgIpc) is 2.55. The second-order valence-corrected chi connectivity index (χ2v) is 4.77. The van der Waals surface area contributed by atoms with Gasteiger partial charge in [-0.1, -0.05) is 6.58 Å². The maximum absolute atomic E-state index is 4.06. The second kappa shape index (κ2) is 3.75. The molecule has 0 aliphatic carbocycles.